The molecule has 0 aliphatic heterocycles. The SMILES string of the molecule is CCC(C)COC(=O)C1C2C=CC(C2)C1C(=O)OCC(C)CC. The van der Waals surface area contributed by atoms with E-state index >= 15 is 0 Å². The number of carbonyl (C=O) groups is 2. The number of fused-ring (bicyclic) bond motifs is 2. The van der Waals surface area contributed by atoms with E-state index < -0.39 is 0 Å². The summed E-state index contributed by atoms with van der Waals surface area (Å²) in [5.74, 6) is -0.221. The van der Waals surface area contributed by atoms with E-state index in [2.05, 4.69) is 39.8 Å². The number of carbonyl (C=O) groups excluding carboxylic acids is 2. The Labute approximate surface area is 139 Å². The van der Waals surface area contributed by atoms with Crippen LogP contribution in [0.25, 0.3) is 0 Å². The molecule has 130 valence electrons. The van der Waals surface area contributed by atoms with E-state index in [1.165, 1.54) is 0 Å². The topological polar surface area (TPSA) is 52.6 Å². The summed E-state index contributed by atoms with van der Waals surface area (Å²) in [5.41, 5.74) is 0. The van der Waals surface area contributed by atoms with E-state index in [0.717, 1.165) is 19.3 Å². The summed E-state index contributed by atoms with van der Waals surface area (Å²) in [6.07, 6.45) is 6.96. The maximum Gasteiger partial charge on any atom is 0.310 e. The average Bonchev–Trinajstić information content (AvgIpc) is 3.17. The summed E-state index contributed by atoms with van der Waals surface area (Å²) in [6, 6.07) is 0. The Hall–Kier alpha value is -1.32. The summed E-state index contributed by atoms with van der Waals surface area (Å²) < 4.78 is 11.0. The van der Waals surface area contributed by atoms with Crippen LogP contribution in [0.2, 0.25) is 0 Å². The first-order valence-corrected chi connectivity index (χ1v) is 8.99. The molecule has 4 heteroatoms. The number of hydrogen-bond acceptors (Lipinski definition) is 4. The number of allylic oxidation sites excluding steroid dienone is 2. The van der Waals surface area contributed by atoms with Crippen LogP contribution in [0.4, 0.5) is 0 Å². The molecule has 1 saturated carbocycles. The van der Waals surface area contributed by atoms with Crippen LogP contribution in [-0.2, 0) is 19.1 Å². The van der Waals surface area contributed by atoms with Crippen LogP contribution in [0, 0.1) is 35.5 Å². The second-order valence-electron chi connectivity index (χ2n) is 7.29. The van der Waals surface area contributed by atoms with Gasteiger partial charge in [0, 0.05) is 0 Å². The summed E-state index contributed by atoms with van der Waals surface area (Å²) in [7, 11) is 0. The minimum atomic E-state index is -0.363. The largest absolute Gasteiger partial charge is 0.465 e. The Morgan fingerprint density at radius 3 is 1.65 bits per heavy atom. The maximum absolute atomic E-state index is 12.5. The lowest BCUT2D eigenvalue weighted by atomic mass is 9.83. The van der Waals surface area contributed by atoms with Crippen LogP contribution in [-0.4, -0.2) is 25.2 Å². The summed E-state index contributed by atoms with van der Waals surface area (Å²) in [6.45, 7) is 9.14. The van der Waals surface area contributed by atoms with Crippen molar-refractivity contribution in [2.75, 3.05) is 13.2 Å². The van der Waals surface area contributed by atoms with Crippen LogP contribution in [0.1, 0.15) is 47.0 Å². The molecule has 0 heterocycles. The smallest absolute Gasteiger partial charge is 0.310 e. The number of ether oxygens (including phenoxy) is 2. The highest BCUT2D eigenvalue weighted by atomic mass is 16.5. The fraction of sp³-hybridized carbons (Fsp3) is 0.789. The van der Waals surface area contributed by atoms with Gasteiger partial charge in [0.1, 0.15) is 0 Å². The molecule has 0 aromatic rings. The summed E-state index contributed by atoms with van der Waals surface area (Å²) in [4.78, 5) is 25.0. The molecule has 2 aliphatic carbocycles. The first kappa shape index (κ1) is 18.0. The fourth-order valence-electron chi connectivity index (χ4n) is 3.34. The van der Waals surface area contributed by atoms with Crippen LogP contribution in [0.5, 0.6) is 0 Å². The van der Waals surface area contributed by atoms with Gasteiger partial charge in [-0.25, -0.2) is 0 Å². The molecule has 0 N–H and O–H groups in total. The van der Waals surface area contributed by atoms with Crippen molar-refractivity contribution in [3.63, 3.8) is 0 Å². The van der Waals surface area contributed by atoms with Gasteiger partial charge in [0.15, 0.2) is 0 Å². The van der Waals surface area contributed by atoms with Gasteiger partial charge in [-0.15, -0.1) is 0 Å². The maximum atomic E-state index is 12.5. The van der Waals surface area contributed by atoms with Crippen molar-refractivity contribution in [1.82, 2.24) is 0 Å². The predicted octanol–water partition coefficient (Wildman–Crippen LogP) is 3.60. The molecule has 0 aromatic carbocycles. The van der Waals surface area contributed by atoms with Crippen molar-refractivity contribution >= 4 is 11.9 Å². The second kappa shape index (κ2) is 7.98. The zero-order valence-corrected chi connectivity index (χ0v) is 14.8. The molecular formula is C19H30O4. The highest BCUT2D eigenvalue weighted by molar-refractivity contribution is 5.84. The Morgan fingerprint density at radius 1 is 0.913 bits per heavy atom. The molecule has 0 radical (unpaired) electrons. The van der Waals surface area contributed by atoms with Crippen molar-refractivity contribution in [1.29, 1.82) is 0 Å². The van der Waals surface area contributed by atoms with Crippen molar-refractivity contribution in [2.24, 2.45) is 35.5 Å². The van der Waals surface area contributed by atoms with Gasteiger partial charge in [-0.1, -0.05) is 52.7 Å². The van der Waals surface area contributed by atoms with E-state index in [9.17, 15) is 9.59 Å². The van der Waals surface area contributed by atoms with Gasteiger partial charge in [0.2, 0.25) is 0 Å². The molecule has 2 aliphatic rings. The molecule has 2 rings (SSSR count). The van der Waals surface area contributed by atoms with E-state index in [1.807, 2.05) is 0 Å². The molecule has 6 unspecified atom stereocenters. The van der Waals surface area contributed by atoms with Crippen molar-refractivity contribution < 1.29 is 19.1 Å². The van der Waals surface area contributed by atoms with Crippen molar-refractivity contribution in [3.05, 3.63) is 12.2 Å². The Morgan fingerprint density at radius 2 is 1.30 bits per heavy atom. The first-order chi connectivity index (χ1) is 11.0. The third-order valence-corrected chi connectivity index (χ3v) is 5.42. The highest BCUT2D eigenvalue weighted by Gasteiger charge is 2.53. The van der Waals surface area contributed by atoms with Gasteiger partial charge in [0.05, 0.1) is 25.0 Å². The monoisotopic (exact) mass is 322 g/mol. The zero-order valence-electron chi connectivity index (χ0n) is 14.8. The van der Waals surface area contributed by atoms with E-state index in [4.69, 9.17) is 9.47 Å². The Bertz CT molecular complexity index is 416. The van der Waals surface area contributed by atoms with Gasteiger partial charge in [-0.05, 0) is 30.1 Å². The molecule has 0 spiro atoms. The molecule has 4 nitrogen and oxygen atoms in total. The third kappa shape index (κ3) is 4.15. The minimum Gasteiger partial charge on any atom is -0.465 e. The van der Waals surface area contributed by atoms with Crippen molar-refractivity contribution in [3.8, 4) is 0 Å². The average molecular weight is 322 g/mol. The highest BCUT2D eigenvalue weighted by Crippen LogP contribution is 2.49. The van der Waals surface area contributed by atoms with Gasteiger partial charge in [-0.3, -0.25) is 9.59 Å². The molecule has 1 fully saturated rings. The van der Waals surface area contributed by atoms with Gasteiger partial charge in [-0.2, -0.15) is 0 Å². The number of esters is 2. The summed E-state index contributed by atoms with van der Waals surface area (Å²) in [5, 5.41) is 0. The van der Waals surface area contributed by atoms with E-state index in [-0.39, 0.29) is 35.6 Å². The quantitative estimate of drug-likeness (QED) is 0.506. The number of hydrogen-bond donors (Lipinski definition) is 0. The normalized spacial score (nSPS) is 31.0. The third-order valence-electron chi connectivity index (χ3n) is 5.42. The molecule has 0 saturated heterocycles. The van der Waals surface area contributed by atoms with Gasteiger partial charge >= 0.3 is 11.9 Å². The molecule has 6 atom stereocenters. The van der Waals surface area contributed by atoms with Gasteiger partial charge in [0.25, 0.3) is 0 Å². The van der Waals surface area contributed by atoms with Crippen LogP contribution in [0.15, 0.2) is 12.2 Å². The fourth-order valence-corrected chi connectivity index (χ4v) is 3.34. The molecular weight excluding hydrogens is 292 g/mol. The molecule has 23 heavy (non-hydrogen) atoms. The van der Waals surface area contributed by atoms with Crippen molar-refractivity contribution in [2.45, 2.75) is 47.0 Å². The van der Waals surface area contributed by atoms with E-state index in [1.54, 1.807) is 0 Å². The lowest BCUT2D eigenvalue weighted by Crippen LogP contribution is -2.36. The minimum absolute atomic E-state index is 0.130. The standard InChI is InChI=1S/C19H30O4/c1-5-12(3)10-22-18(20)16-14-7-8-15(9-14)17(16)19(21)23-11-13(4)6-2/h7-8,12-17H,5-6,9-11H2,1-4H3. The molecule has 2 bridgehead atoms. The van der Waals surface area contributed by atoms with Crippen LogP contribution >= 0.6 is 0 Å². The first-order valence-electron chi connectivity index (χ1n) is 8.99. The van der Waals surface area contributed by atoms with Crippen LogP contribution < -0.4 is 0 Å². The zero-order chi connectivity index (χ0) is 17.0. The van der Waals surface area contributed by atoms with Gasteiger partial charge < -0.3 is 9.47 Å². The van der Waals surface area contributed by atoms with Crippen LogP contribution in [0.3, 0.4) is 0 Å². The van der Waals surface area contributed by atoms with E-state index in [0.29, 0.717) is 25.0 Å². The lowest BCUT2D eigenvalue weighted by Gasteiger charge is -2.26. The second-order valence-corrected chi connectivity index (χ2v) is 7.29. The Kier molecular flexibility index (Phi) is 6.25. The molecule has 0 aromatic heterocycles. The summed E-state index contributed by atoms with van der Waals surface area (Å²) >= 11 is 0. The predicted molar refractivity (Wildman–Crippen MR) is 88.5 cm³/mol. The Balaban J connectivity index is 1.98. The number of rotatable bonds is 8. The molecule has 0 amide bonds. The lowest BCUT2D eigenvalue weighted by molar-refractivity contribution is -0.162.